The van der Waals surface area contributed by atoms with E-state index < -0.39 is 0 Å². The van der Waals surface area contributed by atoms with Crippen LogP contribution >= 0.6 is 11.8 Å². The maximum Gasteiger partial charge on any atom is 0.0911 e. The van der Waals surface area contributed by atoms with Crippen LogP contribution in [0.2, 0.25) is 0 Å². The molecule has 0 bridgehead atoms. The van der Waals surface area contributed by atoms with E-state index in [0.717, 1.165) is 12.2 Å². The largest absolute Gasteiger partial charge is 0.392 e. The van der Waals surface area contributed by atoms with Crippen molar-refractivity contribution in [1.29, 1.82) is 5.41 Å². The topological polar surface area (TPSA) is 70.1 Å². The number of thioether (sulfide) groups is 1. The summed E-state index contributed by atoms with van der Waals surface area (Å²) in [6.07, 6.45) is 2.85. The van der Waals surface area contributed by atoms with Crippen molar-refractivity contribution >= 4 is 17.6 Å². The molecular weight excluding hydrogens is 196 g/mol. The molecule has 3 nitrogen and oxygen atoms in total. The van der Waals surface area contributed by atoms with Gasteiger partial charge in [0, 0.05) is 11.7 Å². The van der Waals surface area contributed by atoms with Crippen molar-refractivity contribution in [3.05, 3.63) is 0 Å². The van der Waals surface area contributed by atoms with Crippen LogP contribution in [0.4, 0.5) is 0 Å². The molecule has 1 fully saturated rings. The number of hydrogen-bond acceptors (Lipinski definition) is 3. The van der Waals surface area contributed by atoms with Gasteiger partial charge in [-0.2, -0.15) is 11.8 Å². The Kier molecular flexibility index (Phi) is 3.84. The zero-order valence-electron chi connectivity index (χ0n) is 8.92. The third kappa shape index (κ3) is 3.50. The molecule has 1 rings (SSSR count). The SMILES string of the molecule is CC(O)C(C)SCC1(CC(=N)N)CC1. The molecule has 82 valence electrons. The smallest absolute Gasteiger partial charge is 0.0911 e. The number of amidine groups is 1. The molecule has 0 aliphatic heterocycles. The van der Waals surface area contributed by atoms with Crippen molar-refractivity contribution < 1.29 is 5.11 Å². The Bertz CT molecular complexity index is 214. The monoisotopic (exact) mass is 216 g/mol. The van der Waals surface area contributed by atoms with Crippen LogP contribution in [-0.4, -0.2) is 28.0 Å². The molecule has 4 N–H and O–H groups in total. The van der Waals surface area contributed by atoms with Gasteiger partial charge in [-0.05, 0) is 30.9 Å². The van der Waals surface area contributed by atoms with Crippen LogP contribution in [0.3, 0.4) is 0 Å². The van der Waals surface area contributed by atoms with Gasteiger partial charge < -0.3 is 10.8 Å². The summed E-state index contributed by atoms with van der Waals surface area (Å²) in [7, 11) is 0. The molecule has 0 aromatic heterocycles. The van der Waals surface area contributed by atoms with Gasteiger partial charge in [-0.3, -0.25) is 5.41 Å². The molecular formula is C10H20N2OS. The lowest BCUT2D eigenvalue weighted by Gasteiger charge is -2.19. The number of nitrogens with two attached hydrogens (primary N) is 1. The number of aliphatic hydroxyl groups is 1. The standard InChI is InChI=1S/C10H20N2OS/c1-7(13)8(2)14-6-10(3-4-10)5-9(11)12/h7-8,13H,3-6H2,1-2H3,(H3,11,12). The second-order valence-electron chi connectivity index (χ2n) is 4.46. The highest BCUT2D eigenvalue weighted by Gasteiger charge is 2.43. The fourth-order valence-electron chi connectivity index (χ4n) is 1.40. The minimum absolute atomic E-state index is 0.256. The zero-order chi connectivity index (χ0) is 10.8. The van der Waals surface area contributed by atoms with Gasteiger partial charge in [0.05, 0.1) is 11.9 Å². The van der Waals surface area contributed by atoms with Gasteiger partial charge in [-0.15, -0.1) is 0 Å². The van der Waals surface area contributed by atoms with Crippen molar-refractivity contribution in [3.8, 4) is 0 Å². The molecule has 0 saturated heterocycles. The highest BCUT2D eigenvalue weighted by molar-refractivity contribution is 7.99. The minimum Gasteiger partial charge on any atom is -0.392 e. The molecule has 0 aromatic rings. The first-order chi connectivity index (χ1) is 6.45. The molecule has 2 unspecified atom stereocenters. The van der Waals surface area contributed by atoms with Gasteiger partial charge in [0.1, 0.15) is 0 Å². The van der Waals surface area contributed by atoms with Crippen LogP contribution in [0.5, 0.6) is 0 Å². The molecule has 0 spiro atoms. The quantitative estimate of drug-likeness (QED) is 0.466. The number of hydrogen-bond donors (Lipinski definition) is 3. The van der Waals surface area contributed by atoms with Crippen LogP contribution < -0.4 is 5.73 Å². The van der Waals surface area contributed by atoms with E-state index >= 15 is 0 Å². The lowest BCUT2D eigenvalue weighted by molar-refractivity contribution is 0.196. The van der Waals surface area contributed by atoms with E-state index in [4.69, 9.17) is 11.1 Å². The lowest BCUT2D eigenvalue weighted by atomic mass is 10.1. The fourth-order valence-corrected chi connectivity index (χ4v) is 2.69. The van der Waals surface area contributed by atoms with Crippen molar-refractivity contribution in [2.75, 3.05) is 5.75 Å². The second kappa shape index (κ2) is 4.53. The Balaban J connectivity index is 2.27. The summed E-state index contributed by atoms with van der Waals surface area (Å²) in [6.45, 7) is 3.86. The predicted octanol–water partition coefficient (Wildman–Crippen LogP) is 1.60. The highest BCUT2D eigenvalue weighted by Crippen LogP contribution is 2.51. The minimum atomic E-state index is -0.256. The summed E-state index contributed by atoms with van der Waals surface area (Å²) in [4.78, 5) is 0. The van der Waals surface area contributed by atoms with E-state index in [1.54, 1.807) is 11.8 Å². The van der Waals surface area contributed by atoms with Crippen LogP contribution in [0.25, 0.3) is 0 Å². The molecule has 0 amide bonds. The molecule has 0 radical (unpaired) electrons. The summed E-state index contributed by atoms with van der Waals surface area (Å²) in [5.41, 5.74) is 5.70. The third-order valence-corrected chi connectivity index (χ3v) is 4.55. The molecule has 4 heteroatoms. The van der Waals surface area contributed by atoms with Crippen molar-refractivity contribution in [3.63, 3.8) is 0 Å². The Morgan fingerprint density at radius 2 is 2.14 bits per heavy atom. The lowest BCUT2D eigenvalue weighted by Crippen LogP contribution is -2.21. The summed E-state index contributed by atoms with van der Waals surface area (Å²) in [6, 6.07) is 0. The molecule has 1 aliphatic rings. The van der Waals surface area contributed by atoms with E-state index in [9.17, 15) is 5.11 Å². The van der Waals surface area contributed by atoms with E-state index in [1.165, 1.54) is 12.8 Å². The van der Waals surface area contributed by atoms with Gasteiger partial charge >= 0.3 is 0 Å². The average molecular weight is 216 g/mol. The zero-order valence-corrected chi connectivity index (χ0v) is 9.73. The van der Waals surface area contributed by atoms with Gasteiger partial charge in [0.15, 0.2) is 0 Å². The van der Waals surface area contributed by atoms with Crippen molar-refractivity contribution in [2.45, 2.75) is 44.5 Å². The van der Waals surface area contributed by atoms with E-state index in [1.807, 2.05) is 13.8 Å². The van der Waals surface area contributed by atoms with Gasteiger partial charge in [-0.1, -0.05) is 6.92 Å². The third-order valence-electron chi connectivity index (χ3n) is 2.85. The van der Waals surface area contributed by atoms with Crippen LogP contribution in [0, 0.1) is 10.8 Å². The van der Waals surface area contributed by atoms with Gasteiger partial charge in [0.2, 0.25) is 0 Å². The first-order valence-electron chi connectivity index (χ1n) is 5.08. The van der Waals surface area contributed by atoms with Crippen LogP contribution in [-0.2, 0) is 0 Å². The van der Waals surface area contributed by atoms with Crippen LogP contribution in [0.15, 0.2) is 0 Å². The van der Waals surface area contributed by atoms with Crippen molar-refractivity contribution in [1.82, 2.24) is 0 Å². The van der Waals surface area contributed by atoms with Gasteiger partial charge in [0.25, 0.3) is 0 Å². The van der Waals surface area contributed by atoms with Crippen LogP contribution in [0.1, 0.15) is 33.1 Å². The molecule has 0 aromatic carbocycles. The summed E-state index contributed by atoms with van der Waals surface area (Å²) >= 11 is 1.79. The van der Waals surface area contributed by atoms with Crippen molar-refractivity contribution in [2.24, 2.45) is 11.1 Å². The van der Waals surface area contributed by atoms with E-state index in [-0.39, 0.29) is 11.4 Å². The fraction of sp³-hybridized carbons (Fsp3) is 0.900. The second-order valence-corrected chi connectivity index (χ2v) is 5.82. The first kappa shape index (κ1) is 11.9. The number of rotatable bonds is 6. The first-order valence-corrected chi connectivity index (χ1v) is 6.13. The average Bonchev–Trinajstić information content (AvgIpc) is 2.80. The Labute approximate surface area is 90.0 Å². The Hall–Kier alpha value is -0.220. The summed E-state index contributed by atoms with van der Waals surface area (Å²) in [5.74, 6) is 1.33. The van der Waals surface area contributed by atoms with E-state index in [2.05, 4.69) is 0 Å². The molecule has 14 heavy (non-hydrogen) atoms. The maximum atomic E-state index is 9.33. The molecule has 2 atom stereocenters. The molecule has 0 heterocycles. The highest BCUT2D eigenvalue weighted by atomic mass is 32.2. The maximum absolute atomic E-state index is 9.33. The normalized spacial score (nSPS) is 22.8. The molecule has 1 saturated carbocycles. The Morgan fingerprint density at radius 1 is 1.57 bits per heavy atom. The Morgan fingerprint density at radius 3 is 2.50 bits per heavy atom. The van der Waals surface area contributed by atoms with Gasteiger partial charge in [-0.25, -0.2) is 0 Å². The number of aliphatic hydroxyl groups excluding tert-OH is 1. The summed E-state index contributed by atoms with van der Waals surface area (Å²) < 4.78 is 0. The number of nitrogens with one attached hydrogen (secondary N) is 1. The molecule has 1 aliphatic carbocycles. The van der Waals surface area contributed by atoms with E-state index in [0.29, 0.717) is 11.3 Å². The summed E-state index contributed by atoms with van der Waals surface area (Å²) in [5, 5.41) is 16.9. The predicted molar refractivity (Wildman–Crippen MR) is 61.8 cm³/mol.